The van der Waals surface area contributed by atoms with E-state index in [4.69, 9.17) is 0 Å². The minimum atomic E-state index is -0.269. The third kappa shape index (κ3) is 3.48. The number of carbonyl (C=O) groups is 1. The van der Waals surface area contributed by atoms with Crippen molar-refractivity contribution in [2.75, 3.05) is 0 Å². The van der Waals surface area contributed by atoms with Crippen molar-refractivity contribution in [2.45, 2.75) is 13.8 Å². The van der Waals surface area contributed by atoms with E-state index < -0.39 is 0 Å². The minimum Gasteiger partial charge on any atom is -0.267 e. The molecule has 0 saturated heterocycles. The van der Waals surface area contributed by atoms with Gasteiger partial charge in [0.1, 0.15) is 0 Å². The molecule has 4 heteroatoms. The monoisotopic (exact) mass is 253 g/mol. The first-order chi connectivity index (χ1) is 9.16. The summed E-state index contributed by atoms with van der Waals surface area (Å²) in [5, 5.41) is 3.97. The van der Waals surface area contributed by atoms with Gasteiger partial charge in [-0.05, 0) is 37.1 Å². The summed E-state index contributed by atoms with van der Waals surface area (Å²) in [4.78, 5) is 15.6. The number of nitrogens with one attached hydrogen (secondary N) is 1. The molecular formula is C15H15N3O. The summed E-state index contributed by atoms with van der Waals surface area (Å²) in [5.74, 6) is -0.269. The van der Waals surface area contributed by atoms with Gasteiger partial charge in [0.05, 0.1) is 11.8 Å². The van der Waals surface area contributed by atoms with Crippen molar-refractivity contribution in [3.8, 4) is 0 Å². The van der Waals surface area contributed by atoms with E-state index in [2.05, 4.69) is 15.5 Å². The number of rotatable bonds is 3. The number of pyridine rings is 1. The van der Waals surface area contributed by atoms with Gasteiger partial charge in [0.25, 0.3) is 5.91 Å². The Labute approximate surface area is 112 Å². The van der Waals surface area contributed by atoms with Gasteiger partial charge in [-0.15, -0.1) is 0 Å². The van der Waals surface area contributed by atoms with Crippen LogP contribution in [0.4, 0.5) is 0 Å². The SMILES string of the molecule is Cc1ccc(C)c(/C=N\NC(=O)c2cccnc2)c1. The van der Waals surface area contributed by atoms with E-state index in [1.807, 2.05) is 32.0 Å². The minimum absolute atomic E-state index is 0.269. The van der Waals surface area contributed by atoms with Gasteiger partial charge >= 0.3 is 0 Å². The van der Waals surface area contributed by atoms with Gasteiger partial charge in [-0.25, -0.2) is 5.43 Å². The average Bonchev–Trinajstić information content (AvgIpc) is 2.43. The van der Waals surface area contributed by atoms with Crippen LogP contribution < -0.4 is 5.43 Å². The summed E-state index contributed by atoms with van der Waals surface area (Å²) in [7, 11) is 0. The van der Waals surface area contributed by atoms with Crippen molar-refractivity contribution < 1.29 is 4.79 Å². The van der Waals surface area contributed by atoms with Crippen LogP contribution in [0.5, 0.6) is 0 Å². The second-order valence-corrected chi connectivity index (χ2v) is 4.30. The molecule has 4 nitrogen and oxygen atoms in total. The molecule has 1 N–H and O–H groups in total. The lowest BCUT2D eigenvalue weighted by molar-refractivity contribution is 0.0955. The Bertz CT molecular complexity index is 606. The van der Waals surface area contributed by atoms with Crippen molar-refractivity contribution in [1.29, 1.82) is 0 Å². The maximum absolute atomic E-state index is 11.7. The summed E-state index contributed by atoms with van der Waals surface area (Å²) in [6.07, 6.45) is 4.77. The molecule has 0 aliphatic heterocycles. The zero-order valence-corrected chi connectivity index (χ0v) is 10.9. The number of aromatic nitrogens is 1. The Morgan fingerprint density at radius 1 is 1.32 bits per heavy atom. The molecule has 0 aliphatic rings. The van der Waals surface area contributed by atoms with Crippen LogP contribution in [0.1, 0.15) is 27.0 Å². The van der Waals surface area contributed by atoms with E-state index in [-0.39, 0.29) is 5.91 Å². The molecule has 0 saturated carbocycles. The summed E-state index contributed by atoms with van der Waals surface area (Å²) in [5.41, 5.74) is 6.24. The van der Waals surface area contributed by atoms with Crippen molar-refractivity contribution >= 4 is 12.1 Å². The molecule has 19 heavy (non-hydrogen) atoms. The zero-order valence-electron chi connectivity index (χ0n) is 10.9. The van der Waals surface area contributed by atoms with Crippen LogP contribution in [-0.2, 0) is 0 Å². The Hall–Kier alpha value is -2.49. The average molecular weight is 253 g/mol. The lowest BCUT2D eigenvalue weighted by Crippen LogP contribution is -2.17. The van der Waals surface area contributed by atoms with Crippen molar-refractivity contribution in [3.63, 3.8) is 0 Å². The number of nitrogens with zero attached hydrogens (tertiary/aromatic N) is 2. The normalized spacial score (nSPS) is 10.6. The molecule has 96 valence electrons. The molecule has 2 aromatic rings. The lowest BCUT2D eigenvalue weighted by atomic mass is 10.1. The topological polar surface area (TPSA) is 54.4 Å². The third-order valence-electron chi connectivity index (χ3n) is 2.73. The molecule has 1 aromatic carbocycles. The smallest absolute Gasteiger partial charge is 0.267 e. The predicted octanol–water partition coefficient (Wildman–Crippen LogP) is 2.46. The van der Waals surface area contributed by atoms with Crippen LogP contribution in [0.25, 0.3) is 0 Å². The van der Waals surface area contributed by atoms with Gasteiger partial charge in [0.2, 0.25) is 0 Å². The molecule has 2 rings (SSSR count). The van der Waals surface area contributed by atoms with Crippen LogP contribution >= 0.6 is 0 Å². The number of carbonyl (C=O) groups excluding carboxylic acids is 1. The first kappa shape index (κ1) is 13.0. The summed E-state index contributed by atoms with van der Waals surface area (Å²) >= 11 is 0. The van der Waals surface area contributed by atoms with Crippen LogP contribution in [0.15, 0.2) is 47.8 Å². The predicted molar refractivity (Wildman–Crippen MR) is 75.2 cm³/mol. The molecule has 0 aliphatic carbocycles. The maximum Gasteiger partial charge on any atom is 0.272 e. The van der Waals surface area contributed by atoms with E-state index in [0.29, 0.717) is 5.56 Å². The van der Waals surface area contributed by atoms with E-state index >= 15 is 0 Å². The fourth-order valence-electron chi connectivity index (χ4n) is 1.62. The van der Waals surface area contributed by atoms with E-state index in [9.17, 15) is 4.79 Å². The molecular weight excluding hydrogens is 238 g/mol. The Kier molecular flexibility index (Phi) is 4.03. The Morgan fingerprint density at radius 2 is 2.16 bits per heavy atom. The number of aryl methyl sites for hydroxylation is 2. The van der Waals surface area contributed by atoms with Crippen molar-refractivity contribution in [2.24, 2.45) is 5.10 Å². The van der Waals surface area contributed by atoms with E-state index in [1.54, 1.807) is 24.5 Å². The molecule has 0 atom stereocenters. The van der Waals surface area contributed by atoms with Gasteiger partial charge in [0, 0.05) is 12.4 Å². The van der Waals surface area contributed by atoms with Gasteiger partial charge in [-0.3, -0.25) is 9.78 Å². The molecule has 0 bridgehead atoms. The lowest BCUT2D eigenvalue weighted by Gasteiger charge is -2.02. The van der Waals surface area contributed by atoms with Crippen LogP contribution in [-0.4, -0.2) is 17.1 Å². The zero-order chi connectivity index (χ0) is 13.7. The molecule has 1 amide bonds. The molecule has 0 radical (unpaired) electrons. The maximum atomic E-state index is 11.7. The highest BCUT2D eigenvalue weighted by molar-refractivity contribution is 5.94. The molecule has 0 spiro atoms. The highest BCUT2D eigenvalue weighted by Crippen LogP contribution is 2.07. The number of benzene rings is 1. The number of hydrogen-bond acceptors (Lipinski definition) is 3. The van der Waals surface area contributed by atoms with Crippen molar-refractivity contribution in [3.05, 3.63) is 65.0 Å². The fourth-order valence-corrected chi connectivity index (χ4v) is 1.62. The van der Waals surface area contributed by atoms with E-state index in [0.717, 1.165) is 16.7 Å². The highest BCUT2D eigenvalue weighted by Gasteiger charge is 2.02. The van der Waals surface area contributed by atoms with E-state index in [1.165, 1.54) is 6.20 Å². The summed E-state index contributed by atoms with van der Waals surface area (Å²) < 4.78 is 0. The molecule has 0 unspecified atom stereocenters. The van der Waals surface area contributed by atoms with Crippen LogP contribution in [0.3, 0.4) is 0 Å². The summed E-state index contributed by atoms with van der Waals surface area (Å²) in [6, 6.07) is 9.49. The second kappa shape index (κ2) is 5.91. The number of hydrazone groups is 1. The Balaban J connectivity index is 2.04. The third-order valence-corrected chi connectivity index (χ3v) is 2.73. The number of hydrogen-bond donors (Lipinski definition) is 1. The largest absolute Gasteiger partial charge is 0.272 e. The van der Waals surface area contributed by atoms with Gasteiger partial charge < -0.3 is 0 Å². The standard InChI is InChI=1S/C15H15N3O/c1-11-5-6-12(2)14(8-11)10-17-18-15(19)13-4-3-7-16-9-13/h3-10H,1-2H3,(H,18,19)/b17-10-. The van der Waals surface area contributed by atoms with Crippen LogP contribution in [0.2, 0.25) is 0 Å². The van der Waals surface area contributed by atoms with Gasteiger partial charge in [-0.2, -0.15) is 5.10 Å². The second-order valence-electron chi connectivity index (χ2n) is 4.30. The van der Waals surface area contributed by atoms with Crippen LogP contribution in [0, 0.1) is 13.8 Å². The van der Waals surface area contributed by atoms with Crippen molar-refractivity contribution in [1.82, 2.24) is 10.4 Å². The molecule has 1 aromatic heterocycles. The first-order valence-electron chi connectivity index (χ1n) is 5.97. The first-order valence-corrected chi connectivity index (χ1v) is 5.97. The summed E-state index contributed by atoms with van der Waals surface area (Å²) in [6.45, 7) is 4.02. The molecule has 0 fully saturated rings. The van der Waals surface area contributed by atoms with Gasteiger partial charge in [-0.1, -0.05) is 23.8 Å². The van der Waals surface area contributed by atoms with Gasteiger partial charge in [0.15, 0.2) is 0 Å². The highest BCUT2D eigenvalue weighted by atomic mass is 16.2. The fraction of sp³-hybridized carbons (Fsp3) is 0.133. The quantitative estimate of drug-likeness (QED) is 0.674. The number of amides is 1. The molecule has 1 heterocycles. The Morgan fingerprint density at radius 3 is 2.89 bits per heavy atom.